The Morgan fingerprint density at radius 2 is 1.51 bits per heavy atom. The lowest BCUT2D eigenvalue weighted by molar-refractivity contribution is -0.157. The molecule has 0 aromatic heterocycles. The third-order valence-electron chi connectivity index (χ3n) is 5.04. The molecule has 0 bridgehead atoms. The first-order valence-electron chi connectivity index (χ1n) is 13.5. The van der Waals surface area contributed by atoms with Crippen LogP contribution in [0.4, 0.5) is 4.79 Å². The minimum atomic E-state index is -1.27. The third kappa shape index (κ3) is 12.7. The largest absolute Gasteiger partial charge is 0.492 e. The smallest absolute Gasteiger partial charge is 0.407 e. The maximum absolute atomic E-state index is 13.2. The van der Waals surface area contributed by atoms with E-state index in [4.69, 9.17) is 23.7 Å². The molecule has 0 radical (unpaired) electrons. The van der Waals surface area contributed by atoms with Crippen LogP contribution < -0.4 is 19.5 Å². The van der Waals surface area contributed by atoms with Crippen molar-refractivity contribution >= 4 is 29.9 Å². The molecular formula is C32H39NO10. The van der Waals surface area contributed by atoms with Crippen molar-refractivity contribution in [2.24, 2.45) is 0 Å². The average molecular weight is 598 g/mol. The Hall–Kier alpha value is -4.80. The molecule has 0 heterocycles. The molecule has 11 heteroatoms. The predicted molar refractivity (Wildman–Crippen MR) is 160 cm³/mol. The van der Waals surface area contributed by atoms with E-state index in [1.807, 2.05) is 0 Å². The fraction of sp³-hybridized carbons (Fsp3) is 0.375. The highest BCUT2D eigenvalue weighted by Gasteiger charge is 2.19. The summed E-state index contributed by atoms with van der Waals surface area (Å²) in [5.41, 5.74) is -0.917. The fourth-order valence-corrected chi connectivity index (χ4v) is 3.42. The van der Waals surface area contributed by atoms with E-state index in [2.05, 4.69) is 11.9 Å². The normalized spacial score (nSPS) is 11.4. The van der Waals surface area contributed by atoms with Crippen LogP contribution >= 0.6 is 0 Å². The van der Waals surface area contributed by atoms with Gasteiger partial charge in [0.2, 0.25) is 0 Å². The highest BCUT2D eigenvalue weighted by molar-refractivity contribution is 6.09. The molecular weight excluding hydrogens is 558 g/mol. The molecule has 0 atom stereocenters. The van der Waals surface area contributed by atoms with Crippen molar-refractivity contribution in [2.75, 3.05) is 26.4 Å². The number of hydrogen-bond donors (Lipinski definition) is 2. The van der Waals surface area contributed by atoms with Crippen LogP contribution in [-0.2, 0) is 14.3 Å². The van der Waals surface area contributed by atoms with Crippen molar-refractivity contribution in [1.29, 1.82) is 0 Å². The average Bonchev–Trinajstić information content (AvgIpc) is 2.90. The van der Waals surface area contributed by atoms with Gasteiger partial charge in [-0.1, -0.05) is 24.8 Å². The Labute approximate surface area is 251 Å². The van der Waals surface area contributed by atoms with Gasteiger partial charge < -0.3 is 34.1 Å². The van der Waals surface area contributed by atoms with Crippen LogP contribution in [0.3, 0.4) is 0 Å². The number of ether oxygens (including phenoxy) is 5. The number of hydrogen-bond acceptors (Lipinski definition) is 9. The summed E-state index contributed by atoms with van der Waals surface area (Å²) in [5.74, 6) is -1.70. The van der Waals surface area contributed by atoms with Gasteiger partial charge >= 0.3 is 18.0 Å². The van der Waals surface area contributed by atoms with Gasteiger partial charge in [-0.3, -0.25) is 4.79 Å². The second kappa shape index (κ2) is 15.4. The summed E-state index contributed by atoms with van der Waals surface area (Å²) in [6.07, 6.45) is 3.68. The summed E-state index contributed by atoms with van der Waals surface area (Å²) in [6, 6.07) is 8.99. The predicted octanol–water partition coefficient (Wildman–Crippen LogP) is 5.47. The van der Waals surface area contributed by atoms with Crippen LogP contribution in [0.2, 0.25) is 0 Å². The van der Waals surface area contributed by atoms with Gasteiger partial charge in [0, 0.05) is 0 Å². The van der Waals surface area contributed by atoms with Crippen LogP contribution in [0.15, 0.2) is 55.1 Å². The van der Waals surface area contributed by atoms with E-state index in [1.165, 1.54) is 36.4 Å². The van der Waals surface area contributed by atoms with Gasteiger partial charge in [-0.15, -0.1) is 0 Å². The zero-order valence-corrected chi connectivity index (χ0v) is 25.4. The lowest BCUT2D eigenvalue weighted by Crippen LogP contribution is -2.34. The van der Waals surface area contributed by atoms with Gasteiger partial charge in [-0.25, -0.2) is 14.4 Å². The van der Waals surface area contributed by atoms with Crippen molar-refractivity contribution in [3.63, 3.8) is 0 Å². The third-order valence-corrected chi connectivity index (χ3v) is 5.04. The van der Waals surface area contributed by atoms with Crippen LogP contribution in [0.5, 0.6) is 17.2 Å². The number of carboxylic acids is 1. The first-order valence-corrected chi connectivity index (χ1v) is 13.5. The van der Waals surface area contributed by atoms with E-state index in [0.717, 1.165) is 0 Å². The number of aromatic carboxylic acids is 1. The van der Waals surface area contributed by atoms with Gasteiger partial charge in [0.05, 0.1) is 12.1 Å². The Bertz CT molecular complexity index is 1350. The number of alkyl carbamates (subject to hydrolysis) is 1. The van der Waals surface area contributed by atoms with Gasteiger partial charge in [0.15, 0.2) is 12.4 Å². The van der Waals surface area contributed by atoms with Gasteiger partial charge in [-0.2, -0.15) is 0 Å². The first kappa shape index (κ1) is 34.4. The minimum Gasteiger partial charge on any atom is -0.492 e. The monoisotopic (exact) mass is 597 g/mol. The van der Waals surface area contributed by atoms with Crippen molar-refractivity contribution in [3.8, 4) is 17.2 Å². The molecule has 2 N–H and O–H groups in total. The minimum absolute atomic E-state index is 0.0204. The Morgan fingerprint density at radius 1 is 0.860 bits per heavy atom. The zero-order chi connectivity index (χ0) is 32.2. The second-order valence-corrected chi connectivity index (χ2v) is 11.2. The van der Waals surface area contributed by atoms with Gasteiger partial charge in [0.1, 0.15) is 47.2 Å². The molecule has 0 fully saturated rings. The molecule has 0 saturated carbocycles. The lowest BCUT2D eigenvalue weighted by Gasteiger charge is -2.19. The molecule has 0 spiro atoms. The fourth-order valence-electron chi connectivity index (χ4n) is 3.42. The number of esters is 1. The maximum Gasteiger partial charge on any atom is 0.407 e. The maximum atomic E-state index is 13.2. The Kier molecular flexibility index (Phi) is 12.3. The number of amides is 1. The van der Waals surface area contributed by atoms with Crippen molar-refractivity contribution < 1.29 is 48.0 Å². The van der Waals surface area contributed by atoms with Crippen LogP contribution in [0.25, 0.3) is 6.08 Å². The number of benzene rings is 2. The molecule has 0 saturated heterocycles. The molecule has 43 heavy (non-hydrogen) atoms. The number of rotatable bonds is 14. The molecule has 11 nitrogen and oxygen atoms in total. The van der Waals surface area contributed by atoms with Crippen LogP contribution in [-0.4, -0.2) is 66.5 Å². The number of carbonyl (C=O) groups excluding carboxylic acids is 3. The van der Waals surface area contributed by atoms with E-state index in [1.54, 1.807) is 59.7 Å². The molecule has 0 aliphatic rings. The first-order chi connectivity index (χ1) is 20.1. The topological polar surface area (TPSA) is 147 Å². The Morgan fingerprint density at radius 3 is 2.14 bits per heavy atom. The van der Waals surface area contributed by atoms with Crippen molar-refractivity contribution in [3.05, 3.63) is 71.8 Å². The number of ketones is 1. The Balaban J connectivity index is 2.15. The van der Waals surface area contributed by atoms with E-state index in [-0.39, 0.29) is 36.6 Å². The summed E-state index contributed by atoms with van der Waals surface area (Å²) < 4.78 is 27.1. The summed E-state index contributed by atoms with van der Waals surface area (Å²) in [4.78, 5) is 48.8. The summed E-state index contributed by atoms with van der Waals surface area (Å²) in [5, 5.41) is 12.2. The molecule has 0 unspecified atom stereocenters. The molecule has 0 aliphatic carbocycles. The summed E-state index contributed by atoms with van der Waals surface area (Å²) >= 11 is 0. The number of nitrogens with one attached hydrogen (secondary N) is 1. The zero-order valence-electron chi connectivity index (χ0n) is 25.4. The van der Waals surface area contributed by atoms with E-state index < -0.39 is 41.6 Å². The van der Waals surface area contributed by atoms with E-state index in [9.17, 15) is 24.3 Å². The van der Waals surface area contributed by atoms with E-state index >= 15 is 0 Å². The molecule has 2 aromatic rings. The highest BCUT2D eigenvalue weighted by atomic mass is 16.6. The molecule has 0 aliphatic heterocycles. The highest BCUT2D eigenvalue weighted by Crippen LogP contribution is 2.26. The van der Waals surface area contributed by atoms with Gasteiger partial charge in [0.25, 0.3) is 0 Å². The number of carbonyl (C=O) groups is 4. The summed E-state index contributed by atoms with van der Waals surface area (Å²) in [6.45, 7) is 14.0. The van der Waals surface area contributed by atoms with Gasteiger partial charge in [-0.05, 0) is 83.5 Å². The number of allylic oxidation sites excluding steroid dienone is 1. The van der Waals surface area contributed by atoms with E-state index in [0.29, 0.717) is 17.1 Å². The van der Waals surface area contributed by atoms with Crippen LogP contribution in [0.1, 0.15) is 67.8 Å². The lowest BCUT2D eigenvalue weighted by atomic mass is 10.1. The van der Waals surface area contributed by atoms with Crippen LogP contribution in [0, 0.1) is 0 Å². The number of carboxylic acid groups (broad SMARTS) is 1. The summed E-state index contributed by atoms with van der Waals surface area (Å²) in [7, 11) is 0. The molecule has 2 aromatic carbocycles. The quantitative estimate of drug-likeness (QED) is 0.0945. The van der Waals surface area contributed by atoms with Crippen molar-refractivity contribution in [2.45, 2.75) is 52.7 Å². The molecule has 2 rings (SSSR count). The SMILES string of the molecule is C=CCOc1ccc(OCCNC(=O)OC(C)(C)C)cc1C(=O)C=Cc1ccc(OCC(=O)OC(C)(C)C)c(C(=O)O)c1. The molecule has 232 valence electrons. The van der Waals surface area contributed by atoms with Crippen molar-refractivity contribution in [1.82, 2.24) is 5.32 Å². The standard InChI is InChI=1S/C32H39NO10/c1-8-16-40-26-14-11-22(39-17-15-33-30(38)43-32(5,6)7)19-23(26)25(34)12-9-21-10-13-27(24(18-21)29(36)37)41-20-28(35)42-31(2,3)4/h8-14,18-19H,1,15-17,20H2,2-7H3,(H,33,38)(H,36,37). The molecule has 1 amide bonds. The second-order valence-electron chi connectivity index (χ2n) is 11.2.